The number of nitrogens with one attached hydrogen (secondary N) is 1. The molecule has 22 heavy (non-hydrogen) atoms. The normalized spacial score (nSPS) is 18.8. The van der Waals surface area contributed by atoms with Crippen molar-refractivity contribution in [2.75, 3.05) is 0 Å². The lowest BCUT2D eigenvalue weighted by Crippen LogP contribution is -2.44. The molecule has 1 aliphatic heterocycles. The van der Waals surface area contributed by atoms with Crippen LogP contribution in [0.3, 0.4) is 0 Å². The van der Waals surface area contributed by atoms with Gasteiger partial charge in [-0.05, 0) is 35.4 Å². The Morgan fingerprint density at radius 3 is 2.64 bits per heavy atom. The van der Waals surface area contributed by atoms with Crippen LogP contribution in [0.15, 0.2) is 35.3 Å². The molecule has 1 atom stereocenters. The van der Waals surface area contributed by atoms with Crippen LogP contribution in [-0.2, 0) is 9.59 Å². The van der Waals surface area contributed by atoms with Gasteiger partial charge in [-0.15, -0.1) is 0 Å². The number of hydrogen-bond acceptors (Lipinski definition) is 3. The van der Waals surface area contributed by atoms with Gasteiger partial charge >= 0.3 is 0 Å². The molecule has 5 nitrogen and oxygen atoms in total. The number of carbonyl (C=O) groups excluding carboxylic acids is 2. The first-order chi connectivity index (χ1) is 10.5. The second-order valence-electron chi connectivity index (χ2n) is 6.00. The molecule has 1 N–H and O–H groups in total. The lowest BCUT2D eigenvalue weighted by molar-refractivity contribution is -0.135. The van der Waals surface area contributed by atoms with E-state index in [0.717, 1.165) is 5.39 Å². The first-order valence-electron chi connectivity index (χ1n) is 7.46. The molecule has 1 aromatic carbocycles. The average Bonchev–Trinajstić information content (AvgIpc) is 2.48. The van der Waals surface area contributed by atoms with Gasteiger partial charge in [0.05, 0.1) is 0 Å². The summed E-state index contributed by atoms with van der Waals surface area (Å²) in [6, 6.07) is 7.01. The quantitative estimate of drug-likeness (QED) is 0.863. The van der Waals surface area contributed by atoms with E-state index in [2.05, 4.69) is 19.2 Å². The highest BCUT2D eigenvalue weighted by molar-refractivity contribution is 5.99. The molecule has 0 saturated carbocycles. The molecule has 0 bridgehead atoms. The molecule has 0 spiro atoms. The number of fused-ring (bicyclic) bond motifs is 1. The molecule has 0 radical (unpaired) electrons. The smallest absolute Gasteiger partial charge is 0.259 e. The second-order valence-corrected chi connectivity index (χ2v) is 6.00. The van der Waals surface area contributed by atoms with Gasteiger partial charge in [0.25, 0.3) is 5.56 Å². The van der Waals surface area contributed by atoms with Crippen LogP contribution in [0.5, 0.6) is 0 Å². The summed E-state index contributed by atoms with van der Waals surface area (Å²) in [5.41, 5.74) is 0.980. The number of rotatable bonds is 2. The molecule has 2 aromatic rings. The number of amides is 2. The Kier molecular flexibility index (Phi) is 3.56. The summed E-state index contributed by atoms with van der Waals surface area (Å²) < 4.78 is 1.43. The van der Waals surface area contributed by atoms with Crippen LogP contribution in [0, 0.1) is 0 Å². The van der Waals surface area contributed by atoms with Crippen LogP contribution in [0.1, 0.15) is 44.2 Å². The molecule has 1 saturated heterocycles. The third kappa shape index (κ3) is 2.43. The Hall–Kier alpha value is -2.43. The number of aromatic nitrogens is 1. The minimum Gasteiger partial charge on any atom is -0.302 e. The van der Waals surface area contributed by atoms with Crippen molar-refractivity contribution < 1.29 is 9.59 Å². The van der Waals surface area contributed by atoms with Crippen LogP contribution in [-0.4, -0.2) is 16.4 Å². The summed E-state index contributed by atoms with van der Waals surface area (Å²) in [6.45, 7) is 4.21. The van der Waals surface area contributed by atoms with Gasteiger partial charge in [-0.2, -0.15) is 0 Å². The van der Waals surface area contributed by atoms with Crippen LogP contribution >= 0.6 is 0 Å². The SMILES string of the molecule is CC(C)c1ccc2c(=O)n([C@@H]3CCC(=O)NC3=O)ccc2c1. The third-order valence-corrected chi connectivity index (χ3v) is 4.17. The zero-order valence-electron chi connectivity index (χ0n) is 12.6. The highest BCUT2D eigenvalue weighted by atomic mass is 16.2. The number of carbonyl (C=O) groups is 2. The maximum Gasteiger partial charge on any atom is 0.259 e. The molecule has 0 unspecified atom stereocenters. The fourth-order valence-electron chi connectivity index (χ4n) is 2.83. The van der Waals surface area contributed by atoms with E-state index in [1.165, 1.54) is 10.1 Å². The van der Waals surface area contributed by atoms with Gasteiger partial charge in [0, 0.05) is 18.0 Å². The molecular weight excluding hydrogens is 280 g/mol. The Bertz CT molecular complexity index is 820. The summed E-state index contributed by atoms with van der Waals surface area (Å²) in [4.78, 5) is 35.8. The predicted octanol–water partition coefficient (Wildman–Crippen LogP) is 2.10. The minimum absolute atomic E-state index is 0.192. The molecule has 1 aromatic heterocycles. The molecule has 1 aliphatic rings. The first kappa shape index (κ1) is 14.5. The first-order valence-corrected chi connectivity index (χ1v) is 7.46. The van der Waals surface area contributed by atoms with E-state index in [1.807, 2.05) is 24.3 Å². The average molecular weight is 298 g/mol. The van der Waals surface area contributed by atoms with Crippen molar-refractivity contribution >= 4 is 22.6 Å². The molecule has 3 rings (SSSR count). The van der Waals surface area contributed by atoms with Gasteiger partial charge in [0.15, 0.2) is 0 Å². The van der Waals surface area contributed by atoms with Gasteiger partial charge in [-0.25, -0.2) is 0 Å². The fourth-order valence-corrected chi connectivity index (χ4v) is 2.83. The summed E-state index contributed by atoms with van der Waals surface area (Å²) in [5, 5.41) is 3.76. The van der Waals surface area contributed by atoms with Crippen molar-refractivity contribution in [3.05, 3.63) is 46.4 Å². The van der Waals surface area contributed by atoms with E-state index in [1.54, 1.807) is 6.20 Å². The number of pyridine rings is 1. The highest BCUT2D eigenvalue weighted by Gasteiger charge is 2.28. The summed E-state index contributed by atoms with van der Waals surface area (Å²) >= 11 is 0. The molecule has 2 heterocycles. The number of nitrogens with zero attached hydrogens (tertiary/aromatic N) is 1. The molecule has 0 aliphatic carbocycles. The van der Waals surface area contributed by atoms with Gasteiger partial charge in [-0.3, -0.25) is 19.7 Å². The van der Waals surface area contributed by atoms with Crippen molar-refractivity contribution in [2.45, 2.75) is 38.6 Å². The molecule has 1 fully saturated rings. The summed E-state index contributed by atoms with van der Waals surface area (Å²) in [7, 11) is 0. The molecular formula is C17H18N2O3. The van der Waals surface area contributed by atoms with Crippen LogP contribution in [0.25, 0.3) is 10.8 Å². The van der Waals surface area contributed by atoms with E-state index >= 15 is 0 Å². The van der Waals surface area contributed by atoms with E-state index in [4.69, 9.17) is 0 Å². The van der Waals surface area contributed by atoms with Crippen LogP contribution in [0.4, 0.5) is 0 Å². The lowest BCUT2D eigenvalue weighted by atomic mass is 9.99. The Balaban J connectivity index is 2.07. The van der Waals surface area contributed by atoms with Crippen LogP contribution in [0.2, 0.25) is 0 Å². The topological polar surface area (TPSA) is 68.2 Å². The van der Waals surface area contributed by atoms with Gasteiger partial charge in [0.2, 0.25) is 11.8 Å². The number of hydrogen-bond donors (Lipinski definition) is 1. The van der Waals surface area contributed by atoms with Crippen molar-refractivity contribution in [1.82, 2.24) is 9.88 Å². The van der Waals surface area contributed by atoms with Crippen LogP contribution < -0.4 is 10.9 Å². The summed E-state index contributed by atoms with van der Waals surface area (Å²) in [5.74, 6) is -0.296. The number of benzene rings is 1. The Morgan fingerprint density at radius 1 is 1.18 bits per heavy atom. The van der Waals surface area contributed by atoms with Crippen molar-refractivity contribution in [1.29, 1.82) is 0 Å². The predicted molar refractivity (Wildman–Crippen MR) is 83.7 cm³/mol. The summed E-state index contributed by atoms with van der Waals surface area (Å²) in [6.07, 6.45) is 2.27. The Morgan fingerprint density at radius 2 is 1.95 bits per heavy atom. The largest absolute Gasteiger partial charge is 0.302 e. The van der Waals surface area contributed by atoms with Gasteiger partial charge < -0.3 is 4.57 Å². The van der Waals surface area contributed by atoms with E-state index in [-0.39, 0.29) is 17.9 Å². The second kappa shape index (κ2) is 5.40. The van der Waals surface area contributed by atoms with Crippen molar-refractivity contribution in [3.63, 3.8) is 0 Å². The van der Waals surface area contributed by atoms with Crippen molar-refractivity contribution in [2.24, 2.45) is 0 Å². The van der Waals surface area contributed by atoms with E-state index in [9.17, 15) is 14.4 Å². The van der Waals surface area contributed by atoms with E-state index in [0.29, 0.717) is 17.7 Å². The monoisotopic (exact) mass is 298 g/mol. The number of piperidine rings is 1. The highest BCUT2D eigenvalue weighted by Crippen LogP contribution is 2.22. The maximum atomic E-state index is 12.6. The van der Waals surface area contributed by atoms with Crippen molar-refractivity contribution in [3.8, 4) is 0 Å². The molecule has 5 heteroatoms. The molecule has 2 amide bonds. The maximum absolute atomic E-state index is 12.6. The zero-order valence-corrected chi connectivity index (χ0v) is 12.6. The molecule has 114 valence electrons. The van der Waals surface area contributed by atoms with E-state index < -0.39 is 11.9 Å². The van der Waals surface area contributed by atoms with Gasteiger partial charge in [0.1, 0.15) is 6.04 Å². The fraction of sp³-hybridized carbons (Fsp3) is 0.353. The standard InChI is InChI=1S/C17H18N2O3/c1-10(2)11-3-4-13-12(9-11)7-8-19(17(13)22)14-5-6-15(20)18-16(14)21/h3-4,7-10,14H,5-6H2,1-2H3,(H,18,20,21)/t14-/m1/s1. The number of imide groups is 1. The third-order valence-electron chi connectivity index (χ3n) is 4.17. The minimum atomic E-state index is -0.612. The zero-order chi connectivity index (χ0) is 15.9. The van der Waals surface area contributed by atoms with Gasteiger partial charge in [-0.1, -0.05) is 26.0 Å². The Labute approximate surface area is 127 Å². The lowest BCUT2D eigenvalue weighted by Gasteiger charge is -2.23.